The van der Waals surface area contributed by atoms with Crippen LogP contribution in [-0.2, 0) is 12.2 Å². The van der Waals surface area contributed by atoms with Gasteiger partial charge in [-0.1, -0.05) is 36.4 Å². The van der Waals surface area contributed by atoms with E-state index in [4.69, 9.17) is 4.42 Å². The number of H-pyrrole nitrogens is 1. The first-order valence-corrected chi connectivity index (χ1v) is 8.28. The summed E-state index contributed by atoms with van der Waals surface area (Å²) in [7, 11) is 0. The number of thioether (sulfide) groups is 1. The van der Waals surface area contributed by atoms with Crippen molar-refractivity contribution in [1.29, 1.82) is 0 Å². The molecule has 0 unspecified atom stereocenters. The van der Waals surface area contributed by atoms with Crippen LogP contribution in [-0.4, -0.2) is 20.2 Å². The van der Waals surface area contributed by atoms with Gasteiger partial charge in [-0.3, -0.25) is 5.10 Å². The van der Waals surface area contributed by atoms with Gasteiger partial charge in [0.2, 0.25) is 11.0 Å². The van der Waals surface area contributed by atoms with Crippen LogP contribution in [0.4, 0.5) is 0 Å². The summed E-state index contributed by atoms with van der Waals surface area (Å²) in [5.74, 6) is 2.28. The lowest BCUT2D eigenvalue weighted by atomic mass is 10.1. The van der Waals surface area contributed by atoms with Crippen LogP contribution in [0.1, 0.15) is 30.4 Å². The quantitative estimate of drug-likeness (QED) is 0.696. The van der Waals surface area contributed by atoms with E-state index in [1.807, 2.05) is 12.1 Å². The number of rotatable bonds is 6. The maximum Gasteiger partial charge on any atom is 0.226 e. The van der Waals surface area contributed by atoms with Crippen LogP contribution < -0.4 is 0 Å². The molecule has 0 radical (unpaired) electrons. The third-order valence-corrected chi connectivity index (χ3v) is 4.08. The van der Waals surface area contributed by atoms with Gasteiger partial charge in [-0.2, -0.15) is 0 Å². The van der Waals surface area contributed by atoms with Crippen molar-refractivity contribution >= 4 is 11.8 Å². The number of oxazole rings is 1. The Morgan fingerprint density at radius 1 is 1.18 bits per heavy atom. The average molecular weight is 314 g/mol. The van der Waals surface area contributed by atoms with E-state index in [2.05, 4.69) is 46.1 Å². The molecule has 0 amide bonds. The molecule has 0 fully saturated rings. The molecule has 3 rings (SSSR count). The molecule has 6 heteroatoms. The molecule has 0 saturated heterocycles. The third kappa shape index (κ3) is 3.57. The summed E-state index contributed by atoms with van der Waals surface area (Å²) in [6, 6.07) is 8.14. The molecular formula is C16H18N4OS. The van der Waals surface area contributed by atoms with Crippen molar-refractivity contribution in [2.24, 2.45) is 0 Å². The molecule has 2 heterocycles. The Kier molecular flexibility index (Phi) is 4.58. The first-order chi connectivity index (χ1) is 10.7. The van der Waals surface area contributed by atoms with Crippen LogP contribution in [0.3, 0.4) is 0 Å². The van der Waals surface area contributed by atoms with Crippen LogP contribution in [0.2, 0.25) is 0 Å². The molecule has 114 valence electrons. The first-order valence-electron chi connectivity index (χ1n) is 7.30. The van der Waals surface area contributed by atoms with Crippen LogP contribution in [0.5, 0.6) is 0 Å². The number of aryl methyl sites for hydroxylation is 2. The number of nitrogens with one attached hydrogen (secondary N) is 1. The lowest BCUT2D eigenvalue weighted by Gasteiger charge is -1.95. The standard InChI is InChI=1S/C16H18N4OS/c1-3-4-14-18-16(20-19-14)22-10-13-9-21-15(17-13)12-7-5-11(2)6-8-12/h5-9H,3-4,10H2,1-2H3,(H,18,19,20). The third-order valence-electron chi connectivity index (χ3n) is 3.20. The van der Waals surface area contributed by atoms with Gasteiger partial charge in [0.1, 0.15) is 12.1 Å². The zero-order valence-electron chi connectivity index (χ0n) is 12.7. The van der Waals surface area contributed by atoms with Gasteiger partial charge in [0.05, 0.1) is 5.69 Å². The summed E-state index contributed by atoms with van der Waals surface area (Å²) < 4.78 is 5.55. The van der Waals surface area contributed by atoms with E-state index < -0.39 is 0 Å². The summed E-state index contributed by atoms with van der Waals surface area (Å²) in [5.41, 5.74) is 3.10. The number of aromatic nitrogens is 4. The summed E-state index contributed by atoms with van der Waals surface area (Å²) in [4.78, 5) is 8.94. The largest absolute Gasteiger partial charge is 0.444 e. The molecule has 22 heavy (non-hydrogen) atoms. The molecule has 1 aromatic carbocycles. The molecule has 0 aliphatic heterocycles. The van der Waals surface area contributed by atoms with Crippen molar-refractivity contribution in [3.63, 3.8) is 0 Å². The Labute approximate surface area is 133 Å². The summed E-state index contributed by atoms with van der Waals surface area (Å²) >= 11 is 1.56. The van der Waals surface area contributed by atoms with E-state index in [1.54, 1.807) is 18.0 Å². The van der Waals surface area contributed by atoms with E-state index in [-0.39, 0.29) is 0 Å². The van der Waals surface area contributed by atoms with Crippen LogP contribution in [0.15, 0.2) is 40.1 Å². The van der Waals surface area contributed by atoms with Gasteiger partial charge in [0.25, 0.3) is 0 Å². The molecular weight excluding hydrogens is 296 g/mol. The molecule has 0 atom stereocenters. The van der Waals surface area contributed by atoms with Crippen molar-refractivity contribution in [2.75, 3.05) is 0 Å². The molecule has 0 aliphatic rings. The van der Waals surface area contributed by atoms with Gasteiger partial charge >= 0.3 is 0 Å². The number of hydrogen-bond donors (Lipinski definition) is 1. The molecule has 3 aromatic rings. The predicted molar refractivity (Wildman–Crippen MR) is 86.6 cm³/mol. The number of hydrogen-bond acceptors (Lipinski definition) is 5. The zero-order chi connectivity index (χ0) is 15.4. The Hall–Kier alpha value is -2.08. The van der Waals surface area contributed by atoms with E-state index in [0.717, 1.165) is 35.1 Å². The minimum atomic E-state index is 0.650. The maximum atomic E-state index is 5.55. The highest BCUT2D eigenvalue weighted by Crippen LogP contribution is 2.23. The van der Waals surface area contributed by atoms with E-state index in [1.165, 1.54) is 5.56 Å². The van der Waals surface area contributed by atoms with Gasteiger partial charge < -0.3 is 4.42 Å². The SMILES string of the molecule is CCCc1nc(SCc2coc(-c3ccc(C)cc3)n2)n[nH]1. The molecule has 0 bridgehead atoms. The fraction of sp³-hybridized carbons (Fsp3) is 0.312. The Morgan fingerprint density at radius 2 is 2.00 bits per heavy atom. The van der Waals surface area contributed by atoms with Crippen molar-refractivity contribution in [2.45, 2.75) is 37.6 Å². The molecule has 5 nitrogen and oxygen atoms in total. The Morgan fingerprint density at radius 3 is 2.77 bits per heavy atom. The van der Waals surface area contributed by atoms with Gasteiger partial charge in [-0.05, 0) is 25.5 Å². The van der Waals surface area contributed by atoms with Gasteiger partial charge in [0.15, 0.2) is 0 Å². The van der Waals surface area contributed by atoms with Crippen molar-refractivity contribution in [3.8, 4) is 11.5 Å². The minimum Gasteiger partial charge on any atom is -0.444 e. The number of aromatic amines is 1. The normalized spacial score (nSPS) is 11.0. The fourth-order valence-corrected chi connectivity index (χ4v) is 2.73. The lowest BCUT2D eigenvalue weighted by Crippen LogP contribution is -1.85. The second-order valence-electron chi connectivity index (χ2n) is 5.11. The smallest absolute Gasteiger partial charge is 0.226 e. The summed E-state index contributed by atoms with van der Waals surface area (Å²) in [5, 5.41) is 7.90. The van der Waals surface area contributed by atoms with E-state index in [9.17, 15) is 0 Å². The molecule has 2 aromatic heterocycles. The van der Waals surface area contributed by atoms with Gasteiger partial charge in [-0.25, -0.2) is 9.97 Å². The van der Waals surface area contributed by atoms with E-state index >= 15 is 0 Å². The Balaban J connectivity index is 1.62. The highest BCUT2D eigenvalue weighted by atomic mass is 32.2. The zero-order valence-corrected chi connectivity index (χ0v) is 13.5. The average Bonchev–Trinajstić information content (AvgIpc) is 3.16. The van der Waals surface area contributed by atoms with Crippen LogP contribution >= 0.6 is 11.8 Å². The molecule has 0 spiro atoms. The van der Waals surface area contributed by atoms with Crippen LogP contribution in [0.25, 0.3) is 11.5 Å². The topological polar surface area (TPSA) is 67.6 Å². The molecule has 1 N–H and O–H groups in total. The summed E-state index contributed by atoms with van der Waals surface area (Å²) in [6.07, 6.45) is 3.68. The highest BCUT2D eigenvalue weighted by Gasteiger charge is 2.09. The Bertz CT molecular complexity index is 733. The highest BCUT2D eigenvalue weighted by molar-refractivity contribution is 7.98. The predicted octanol–water partition coefficient (Wildman–Crippen LogP) is 4.01. The first kappa shape index (κ1) is 14.8. The van der Waals surface area contributed by atoms with Crippen molar-refractivity contribution in [1.82, 2.24) is 20.2 Å². The van der Waals surface area contributed by atoms with Crippen molar-refractivity contribution in [3.05, 3.63) is 47.6 Å². The number of nitrogens with zero attached hydrogens (tertiary/aromatic N) is 3. The van der Waals surface area contributed by atoms with Crippen molar-refractivity contribution < 1.29 is 4.42 Å². The van der Waals surface area contributed by atoms with Gasteiger partial charge in [-0.15, -0.1) is 5.10 Å². The fourth-order valence-electron chi connectivity index (χ4n) is 2.03. The molecule has 0 aliphatic carbocycles. The van der Waals surface area contributed by atoms with Crippen LogP contribution in [0, 0.1) is 6.92 Å². The lowest BCUT2D eigenvalue weighted by molar-refractivity contribution is 0.573. The minimum absolute atomic E-state index is 0.650. The van der Waals surface area contributed by atoms with Gasteiger partial charge in [0, 0.05) is 17.7 Å². The summed E-state index contributed by atoms with van der Waals surface area (Å²) in [6.45, 7) is 4.18. The van der Waals surface area contributed by atoms with E-state index in [0.29, 0.717) is 11.6 Å². The number of benzene rings is 1. The second-order valence-corrected chi connectivity index (χ2v) is 6.06. The monoisotopic (exact) mass is 314 g/mol. The maximum absolute atomic E-state index is 5.55. The molecule has 0 saturated carbocycles. The second kappa shape index (κ2) is 6.79.